The maximum Gasteiger partial charge on any atom is 0.323 e. The third-order valence-electron chi connectivity index (χ3n) is 3.86. The molecule has 6 nitrogen and oxygen atoms in total. The predicted octanol–water partition coefficient (Wildman–Crippen LogP) is 2.02. The van der Waals surface area contributed by atoms with Crippen LogP contribution in [-0.2, 0) is 14.3 Å². The lowest BCUT2D eigenvalue weighted by atomic mass is 9.97. The molecule has 2 aromatic rings. The number of amides is 1. The number of para-hydroxylation sites is 2. The second-order valence-electron chi connectivity index (χ2n) is 5.61. The number of carbonyl (C=O) groups is 2. The smallest absolute Gasteiger partial charge is 0.323 e. The van der Waals surface area contributed by atoms with Gasteiger partial charge < -0.3 is 20.9 Å². The van der Waals surface area contributed by atoms with Gasteiger partial charge in [0.2, 0.25) is 5.91 Å². The highest BCUT2D eigenvalue weighted by Crippen LogP contribution is 2.44. The topological polar surface area (TPSA) is 105 Å². The molecule has 124 valence electrons. The van der Waals surface area contributed by atoms with E-state index in [0.717, 1.165) is 11.1 Å². The Morgan fingerprint density at radius 2 is 1.58 bits per heavy atom. The highest BCUT2D eigenvalue weighted by molar-refractivity contribution is 5.78. The van der Waals surface area contributed by atoms with Crippen molar-refractivity contribution in [2.24, 2.45) is 11.5 Å². The van der Waals surface area contributed by atoms with Crippen LogP contribution in [0.15, 0.2) is 48.5 Å². The Bertz CT molecular complexity index is 730. The van der Waals surface area contributed by atoms with Gasteiger partial charge in [-0.3, -0.25) is 9.59 Å². The summed E-state index contributed by atoms with van der Waals surface area (Å²) in [5.74, 6) is 0.201. The summed E-state index contributed by atoms with van der Waals surface area (Å²) in [7, 11) is 0. The minimum Gasteiger partial charge on any atom is -0.456 e. The molecule has 0 saturated heterocycles. The number of benzene rings is 2. The van der Waals surface area contributed by atoms with Crippen molar-refractivity contribution >= 4 is 11.9 Å². The zero-order valence-corrected chi connectivity index (χ0v) is 13.0. The van der Waals surface area contributed by atoms with E-state index in [1.54, 1.807) is 0 Å². The van der Waals surface area contributed by atoms with Crippen LogP contribution in [0.3, 0.4) is 0 Å². The lowest BCUT2D eigenvalue weighted by Gasteiger charge is -2.28. The minimum absolute atomic E-state index is 0.0389. The Kier molecular flexibility index (Phi) is 4.48. The first-order chi connectivity index (χ1) is 11.6. The van der Waals surface area contributed by atoms with Crippen LogP contribution in [-0.4, -0.2) is 17.9 Å². The molecule has 1 heterocycles. The third-order valence-corrected chi connectivity index (χ3v) is 3.86. The molecule has 2 aromatic carbocycles. The molecule has 6 heteroatoms. The fourth-order valence-corrected chi connectivity index (χ4v) is 2.61. The number of primary amides is 1. The van der Waals surface area contributed by atoms with Gasteiger partial charge in [0.15, 0.2) is 6.10 Å². The molecule has 0 spiro atoms. The van der Waals surface area contributed by atoms with Gasteiger partial charge in [0.25, 0.3) is 0 Å². The van der Waals surface area contributed by atoms with Crippen molar-refractivity contribution in [2.75, 3.05) is 0 Å². The van der Waals surface area contributed by atoms with E-state index < -0.39 is 24.0 Å². The van der Waals surface area contributed by atoms with Crippen molar-refractivity contribution in [3.05, 3.63) is 59.7 Å². The zero-order chi connectivity index (χ0) is 17.1. The quantitative estimate of drug-likeness (QED) is 0.818. The number of hydrogen-bond donors (Lipinski definition) is 2. The van der Waals surface area contributed by atoms with Crippen LogP contribution >= 0.6 is 0 Å². The summed E-state index contributed by atoms with van der Waals surface area (Å²) < 4.78 is 11.5. The molecule has 0 bridgehead atoms. The Hall–Kier alpha value is -2.86. The summed E-state index contributed by atoms with van der Waals surface area (Å²) in [5.41, 5.74) is 12.4. The van der Waals surface area contributed by atoms with Gasteiger partial charge in [-0.25, -0.2) is 0 Å². The van der Waals surface area contributed by atoms with Gasteiger partial charge in [0.1, 0.15) is 17.5 Å². The molecule has 1 aliphatic heterocycles. The van der Waals surface area contributed by atoms with Crippen molar-refractivity contribution in [1.29, 1.82) is 0 Å². The third kappa shape index (κ3) is 3.23. The van der Waals surface area contributed by atoms with Gasteiger partial charge in [-0.15, -0.1) is 0 Å². The summed E-state index contributed by atoms with van der Waals surface area (Å²) >= 11 is 0. The number of ether oxygens (including phenoxy) is 2. The van der Waals surface area contributed by atoms with Crippen molar-refractivity contribution in [3.63, 3.8) is 0 Å². The second-order valence-corrected chi connectivity index (χ2v) is 5.61. The van der Waals surface area contributed by atoms with Crippen molar-refractivity contribution < 1.29 is 19.1 Å². The van der Waals surface area contributed by atoms with E-state index in [-0.39, 0.29) is 12.8 Å². The molecule has 24 heavy (non-hydrogen) atoms. The standard InChI is InChI=1S/C18H18N2O4/c19-13(9-10-16(20)21)18(22)24-17-11-5-1-3-7-14(11)23-15-8-4-2-6-12(15)17/h1-8,13,17H,9-10,19H2,(H2,20,21)/t13-/m0/s1. The fraction of sp³-hybridized carbons (Fsp3) is 0.222. The monoisotopic (exact) mass is 326 g/mol. The van der Waals surface area contributed by atoms with Crippen LogP contribution in [0.1, 0.15) is 30.1 Å². The summed E-state index contributed by atoms with van der Waals surface area (Å²) in [6.45, 7) is 0. The SMILES string of the molecule is NC(=O)CC[C@H](N)C(=O)OC1c2ccccc2Oc2ccccc21. The van der Waals surface area contributed by atoms with E-state index in [2.05, 4.69) is 0 Å². The zero-order valence-electron chi connectivity index (χ0n) is 13.0. The first-order valence-electron chi connectivity index (χ1n) is 7.66. The van der Waals surface area contributed by atoms with Crippen LogP contribution in [0.25, 0.3) is 0 Å². The lowest BCUT2D eigenvalue weighted by molar-refractivity contribution is -0.149. The van der Waals surface area contributed by atoms with Crippen molar-refractivity contribution in [1.82, 2.24) is 0 Å². The van der Waals surface area contributed by atoms with Gasteiger partial charge in [-0.05, 0) is 18.6 Å². The number of carbonyl (C=O) groups excluding carboxylic acids is 2. The first-order valence-corrected chi connectivity index (χ1v) is 7.66. The Labute approximate surface area is 139 Å². The molecule has 1 aliphatic rings. The number of rotatable bonds is 5. The maximum absolute atomic E-state index is 12.3. The molecular formula is C18H18N2O4. The van der Waals surface area contributed by atoms with Crippen LogP contribution in [0, 0.1) is 0 Å². The molecule has 3 rings (SSSR count). The van der Waals surface area contributed by atoms with E-state index in [0.29, 0.717) is 11.5 Å². The number of hydrogen-bond acceptors (Lipinski definition) is 5. The van der Waals surface area contributed by atoms with Crippen molar-refractivity contribution in [2.45, 2.75) is 25.0 Å². The van der Waals surface area contributed by atoms with E-state index in [1.165, 1.54) is 0 Å². The number of esters is 1. The van der Waals surface area contributed by atoms with Gasteiger partial charge in [-0.2, -0.15) is 0 Å². The average molecular weight is 326 g/mol. The summed E-state index contributed by atoms with van der Waals surface area (Å²) in [6.07, 6.45) is -0.406. The van der Waals surface area contributed by atoms with E-state index in [1.807, 2.05) is 48.5 Å². The van der Waals surface area contributed by atoms with E-state index in [9.17, 15) is 9.59 Å². The van der Waals surface area contributed by atoms with Gasteiger partial charge in [-0.1, -0.05) is 36.4 Å². The molecule has 1 amide bonds. The van der Waals surface area contributed by atoms with Crippen molar-refractivity contribution in [3.8, 4) is 11.5 Å². The van der Waals surface area contributed by atoms with Crippen LogP contribution in [0.2, 0.25) is 0 Å². The Morgan fingerprint density at radius 1 is 1.04 bits per heavy atom. The highest BCUT2D eigenvalue weighted by Gasteiger charge is 2.31. The van der Waals surface area contributed by atoms with E-state index in [4.69, 9.17) is 20.9 Å². The van der Waals surface area contributed by atoms with E-state index >= 15 is 0 Å². The average Bonchev–Trinajstić information content (AvgIpc) is 2.59. The van der Waals surface area contributed by atoms with Gasteiger partial charge in [0, 0.05) is 17.5 Å². The molecule has 0 unspecified atom stereocenters. The Balaban J connectivity index is 1.85. The molecule has 0 radical (unpaired) electrons. The number of fused-ring (bicyclic) bond motifs is 2. The molecule has 0 fully saturated rings. The minimum atomic E-state index is -0.903. The van der Waals surface area contributed by atoms with Gasteiger partial charge >= 0.3 is 5.97 Å². The van der Waals surface area contributed by atoms with Crippen LogP contribution in [0.4, 0.5) is 0 Å². The largest absolute Gasteiger partial charge is 0.456 e. The molecule has 4 N–H and O–H groups in total. The normalized spacial score (nSPS) is 14.0. The molecule has 0 aromatic heterocycles. The molecule has 0 aliphatic carbocycles. The Morgan fingerprint density at radius 3 is 2.12 bits per heavy atom. The number of nitrogens with two attached hydrogens (primary N) is 2. The fourth-order valence-electron chi connectivity index (χ4n) is 2.61. The molecule has 0 saturated carbocycles. The van der Waals surface area contributed by atoms with Gasteiger partial charge in [0.05, 0.1) is 0 Å². The lowest BCUT2D eigenvalue weighted by Crippen LogP contribution is -2.34. The predicted molar refractivity (Wildman–Crippen MR) is 87.3 cm³/mol. The first kappa shape index (κ1) is 16.0. The molecular weight excluding hydrogens is 308 g/mol. The summed E-state index contributed by atoms with van der Waals surface area (Å²) in [4.78, 5) is 23.1. The van der Waals surface area contributed by atoms with Crippen LogP contribution in [0.5, 0.6) is 11.5 Å². The van der Waals surface area contributed by atoms with Crippen LogP contribution < -0.4 is 16.2 Å². The highest BCUT2D eigenvalue weighted by atomic mass is 16.6. The second kappa shape index (κ2) is 6.72. The summed E-state index contributed by atoms with van der Waals surface area (Å²) in [5, 5.41) is 0. The summed E-state index contributed by atoms with van der Waals surface area (Å²) in [6, 6.07) is 13.8. The maximum atomic E-state index is 12.3. The molecule has 1 atom stereocenters.